The van der Waals surface area contributed by atoms with Gasteiger partial charge in [0.05, 0.1) is 19.9 Å². The second-order valence-corrected chi connectivity index (χ2v) is 3.53. The van der Waals surface area contributed by atoms with E-state index >= 15 is 0 Å². The molecule has 0 saturated carbocycles. The van der Waals surface area contributed by atoms with Crippen molar-refractivity contribution in [3.63, 3.8) is 0 Å². The maximum Gasteiger partial charge on any atom is 0.211 e. The van der Waals surface area contributed by atoms with Crippen molar-refractivity contribution in [1.82, 2.24) is 0 Å². The Kier molecular flexibility index (Phi) is 5.50. The van der Waals surface area contributed by atoms with Crippen LogP contribution in [0.2, 0.25) is 0 Å². The molecule has 1 aromatic rings. The normalized spacial score (nSPS) is 10.3. The Labute approximate surface area is 106 Å². The number of nitrogens with two attached hydrogens (primary N) is 2. The zero-order valence-corrected chi connectivity index (χ0v) is 10.6. The van der Waals surface area contributed by atoms with Gasteiger partial charge in [-0.2, -0.15) is 5.10 Å². The van der Waals surface area contributed by atoms with Crippen LogP contribution in [0.5, 0.6) is 11.5 Å². The lowest BCUT2D eigenvalue weighted by molar-refractivity contribution is 0.294. The third-order valence-corrected chi connectivity index (χ3v) is 2.03. The number of ether oxygens (including phenoxy) is 2. The lowest BCUT2D eigenvalue weighted by atomic mass is 10.2. The van der Waals surface area contributed by atoms with Gasteiger partial charge in [-0.1, -0.05) is 6.92 Å². The average Bonchev–Trinajstić information content (AvgIpc) is 2.36. The van der Waals surface area contributed by atoms with Gasteiger partial charge in [0, 0.05) is 0 Å². The van der Waals surface area contributed by atoms with Crippen molar-refractivity contribution in [2.24, 2.45) is 21.7 Å². The second kappa shape index (κ2) is 7.16. The van der Waals surface area contributed by atoms with E-state index in [0.717, 1.165) is 12.0 Å². The third-order valence-electron chi connectivity index (χ3n) is 2.03. The number of rotatable bonds is 6. The minimum Gasteiger partial charge on any atom is -0.493 e. The molecule has 1 aromatic carbocycles. The van der Waals surface area contributed by atoms with E-state index in [1.807, 2.05) is 25.1 Å². The van der Waals surface area contributed by atoms with E-state index in [4.69, 9.17) is 20.9 Å². The molecule has 0 atom stereocenters. The van der Waals surface area contributed by atoms with Crippen molar-refractivity contribution in [2.45, 2.75) is 13.3 Å². The summed E-state index contributed by atoms with van der Waals surface area (Å²) < 4.78 is 10.8. The average molecular weight is 250 g/mol. The minimum atomic E-state index is -0.0813. The van der Waals surface area contributed by atoms with E-state index < -0.39 is 0 Å². The summed E-state index contributed by atoms with van der Waals surface area (Å²) in [6.07, 6.45) is 2.47. The monoisotopic (exact) mass is 250 g/mol. The van der Waals surface area contributed by atoms with Crippen LogP contribution in [0.1, 0.15) is 18.9 Å². The number of hydrogen-bond acceptors (Lipinski definition) is 4. The summed E-state index contributed by atoms with van der Waals surface area (Å²) in [5, 5.41) is 7.26. The summed E-state index contributed by atoms with van der Waals surface area (Å²) >= 11 is 0. The molecule has 6 nitrogen and oxygen atoms in total. The Morgan fingerprint density at radius 3 is 2.72 bits per heavy atom. The summed E-state index contributed by atoms with van der Waals surface area (Å²) in [4.78, 5) is 0. The van der Waals surface area contributed by atoms with Crippen molar-refractivity contribution in [1.29, 1.82) is 0 Å². The number of guanidine groups is 1. The molecule has 0 fully saturated rings. The van der Waals surface area contributed by atoms with Crippen LogP contribution in [-0.2, 0) is 0 Å². The third kappa shape index (κ3) is 4.32. The van der Waals surface area contributed by atoms with Crippen molar-refractivity contribution >= 4 is 12.2 Å². The molecule has 0 heterocycles. The van der Waals surface area contributed by atoms with E-state index in [2.05, 4.69) is 10.2 Å². The first kappa shape index (κ1) is 13.8. The van der Waals surface area contributed by atoms with Crippen LogP contribution in [0.4, 0.5) is 0 Å². The summed E-state index contributed by atoms with van der Waals surface area (Å²) in [5.41, 5.74) is 11.2. The lowest BCUT2D eigenvalue weighted by Crippen LogP contribution is -2.21. The molecule has 0 aliphatic carbocycles. The highest BCUT2D eigenvalue weighted by molar-refractivity contribution is 5.82. The van der Waals surface area contributed by atoms with Crippen molar-refractivity contribution in [3.05, 3.63) is 23.8 Å². The first-order valence-corrected chi connectivity index (χ1v) is 5.60. The van der Waals surface area contributed by atoms with Gasteiger partial charge in [-0.25, -0.2) is 0 Å². The number of methoxy groups -OCH3 is 1. The minimum absolute atomic E-state index is 0.0813. The van der Waals surface area contributed by atoms with Crippen LogP contribution in [-0.4, -0.2) is 25.9 Å². The summed E-state index contributed by atoms with van der Waals surface area (Å²) in [5.74, 6) is 1.28. The number of benzene rings is 1. The maximum absolute atomic E-state index is 5.57. The predicted molar refractivity (Wildman–Crippen MR) is 72.2 cm³/mol. The first-order chi connectivity index (χ1) is 8.67. The van der Waals surface area contributed by atoms with Crippen LogP contribution < -0.4 is 20.9 Å². The van der Waals surface area contributed by atoms with Gasteiger partial charge in [0.25, 0.3) is 0 Å². The molecular weight excluding hydrogens is 232 g/mol. The molecular formula is C12H18N4O2. The van der Waals surface area contributed by atoms with Crippen LogP contribution >= 0.6 is 0 Å². The van der Waals surface area contributed by atoms with E-state index in [1.54, 1.807) is 7.11 Å². The topological polar surface area (TPSA) is 95.2 Å². The molecule has 0 aliphatic rings. The Bertz CT molecular complexity index is 440. The van der Waals surface area contributed by atoms with Crippen LogP contribution in [0.25, 0.3) is 0 Å². The van der Waals surface area contributed by atoms with Crippen molar-refractivity contribution < 1.29 is 9.47 Å². The summed E-state index contributed by atoms with van der Waals surface area (Å²) in [6, 6.07) is 5.46. The summed E-state index contributed by atoms with van der Waals surface area (Å²) in [6.45, 7) is 2.67. The Balaban J connectivity index is 2.88. The SMILES string of the molecule is CCCOc1cc(/C=N/N=C(N)N)ccc1OC. The Morgan fingerprint density at radius 2 is 2.11 bits per heavy atom. The first-order valence-electron chi connectivity index (χ1n) is 5.60. The largest absolute Gasteiger partial charge is 0.493 e. The number of hydrogen-bond donors (Lipinski definition) is 2. The standard InChI is InChI=1S/C12H18N4O2/c1-3-6-18-11-7-9(4-5-10(11)17-2)8-15-16-12(13)14/h4-5,7-8H,3,6H2,1-2H3,(H4,13,14,16)/b15-8+. The Hall–Kier alpha value is -2.24. The van der Waals surface area contributed by atoms with Gasteiger partial charge in [0.15, 0.2) is 11.5 Å². The molecule has 0 aliphatic heterocycles. The van der Waals surface area contributed by atoms with Gasteiger partial charge in [0.2, 0.25) is 5.96 Å². The zero-order valence-electron chi connectivity index (χ0n) is 10.6. The highest BCUT2D eigenvalue weighted by Crippen LogP contribution is 2.27. The molecule has 6 heteroatoms. The maximum atomic E-state index is 5.57. The van der Waals surface area contributed by atoms with Gasteiger partial charge < -0.3 is 20.9 Å². The molecule has 1 rings (SSSR count). The molecule has 0 saturated heterocycles. The Morgan fingerprint density at radius 1 is 1.33 bits per heavy atom. The van der Waals surface area contributed by atoms with Crippen molar-refractivity contribution in [2.75, 3.05) is 13.7 Å². The van der Waals surface area contributed by atoms with Crippen LogP contribution in [0.15, 0.2) is 28.4 Å². The molecule has 0 radical (unpaired) electrons. The lowest BCUT2D eigenvalue weighted by Gasteiger charge is -2.10. The highest BCUT2D eigenvalue weighted by atomic mass is 16.5. The van der Waals surface area contributed by atoms with Gasteiger partial charge in [-0.05, 0) is 30.2 Å². The van der Waals surface area contributed by atoms with E-state index in [0.29, 0.717) is 18.1 Å². The molecule has 0 bridgehead atoms. The quantitative estimate of drug-likeness (QED) is 0.449. The fourth-order valence-corrected chi connectivity index (χ4v) is 1.26. The predicted octanol–water partition coefficient (Wildman–Crippen LogP) is 1.09. The van der Waals surface area contributed by atoms with Gasteiger partial charge in [-0.3, -0.25) is 0 Å². The van der Waals surface area contributed by atoms with Crippen molar-refractivity contribution in [3.8, 4) is 11.5 Å². The molecule has 18 heavy (non-hydrogen) atoms. The molecule has 0 aromatic heterocycles. The van der Waals surface area contributed by atoms with Crippen LogP contribution in [0.3, 0.4) is 0 Å². The molecule has 98 valence electrons. The van der Waals surface area contributed by atoms with E-state index in [9.17, 15) is 0 Å². The molecule has 4 N–H and O–H groups in total. The molecule has 0 amide bonds. The fraction of sp³-hybridized carbons (Fsp3) is 0.333. The molecule has 0 spiro atoms. The molecule has 0 unspecified atom stereocenters. The summed E-state index contributed by atoms with van der Waals surface area (Å²) in [7, 11) is 1.60. The van der Waals surface area contributed by atoms with Gasteiger partial charge in [0.1, 0.15) is 0 Å². The zero-order chi connectivity index (χ0) is 13.4. The van der Waals surface area contributed by atoms with Crippen LogP contribution in [0, 0.1) is 0 Å². The van der Waals surface area contributed by atoms with Gasteiger partial charge >= 0.3 is 0 Å². The fourth-order valence-electron chi connectivity index (χ4n) is 1.26. The van der Waals surface area contributed by atoms with E-state index in [-0.39, 0.29) is 5.96 Å². The second-order valence-electron chi connectivity index (χ2n) is 3.53. The van der Waals surface area contributed by atoms with Gasteiger partial charge in [-0.15, -0.1) is 5.10 Å². The number of nitrogens with zero attached hydrogens (tertiary/aromatic N) is 2. The highest BCUT2D eigenvalue weighted by Gasteiger charge is 2.04. The van der Waals surface area contributed by atoms with E-state index in [1.165, 1.54) is 6.21 Å². The smallest absolute Gasteiger partial charge is 0.211 e.